The van der Waals surface area contributed by atoms with E-state index in [2.05, 4.69) is 9.98 Å². The van der Waals surface area contributed by atoms with Crippen LogP contribution in [0.25, 0.3) is 22.5 Å². The second-order valence-corrected chi connectivity index (χ2v) is 7.52. The van der Waals surface area contributed by atoms with E-state index in [9.17, 15) is 9.90 Å². The molecule has 5 rings (SSSR count). The number of benzene rings is 2. The molecule has 146 valence electrons. The summed E-state index contributed by atoms with van der Waals surface area (Å²) in [5, 5.41) is 10.8. The van der Waals surface area contributed by atoms with Crippen molar-refractivity contribution in [2.24, 2.45) is 4.99 Å². The highest BCUT2D eigenvalue weighted by Crippen LogP contribution is 2.42. The number of hydrogen-bond donors (Lipinski definition) is 2. The van der Waals surface area contributed by atoms with Crippen molar-refractivity contribution >= 4 is 22.8 Å². The highest BCUT2D eigenvalue weighted by atomic mass is 16.3. The van der Waals surface area contributed by atoms with E-state index >= 15 is 0 Å². The van der Waals surface area contributed by atoms with Gasteiger partial charge in [-0.1, -0.05) is 60.7 Å². The molecule has 3 aromatic rings. The Balaban J connectivity index is 1.56. The number of aliphatic hydroxyl groups excluding tert-OH is 1. The lowest BCUT2D eigenvalue weighted by Crippen LogP contribution is -2.24. The van der Waals surface area contributed by atoms with Gasteiger partial charge < -0.3 is 10.1 Å². The van der Waals surface area contributed by atoms with Gasteiger partial charge in [-0.3, -0.25) is 9.79 Å². The third kappa shape index (κ3) is 2.77. The fraction of sp³-hybridized carbons (Fsp3) is 0.0769. The second-order valence-electron chi connectivity index (χ2n) is 7.52. The maximum absolute atomic E-state index is 13.1. The van der Waals surface area contributed by atoms with Gasteiger partial charge in [0.15, 0.2) is 0 Å². The zero-order valence-corrected chi connectivity index (χ0v) is 16.7. The van der Waals surface area contributed by atoms with Crippen molar-refractivity contribution < 1.29 is 9.90 Å². The molecule has 2 aromatic carbocycles. The van der Waals surface area contributed by atoms with Crippen LogP contribution in [0.15, 0.2) is 94.7 Å². The summed E-state index contributed by atoms with van der Waals surface area (Å²) in [6, 6.07) is 21.7. The lowest BCUT2D eigenvalue weighted by molar-refractivity contribution is -0.111. The average Bonchev–Trinajstić information content (AvgIpc) is 3.33. The van der Waals surface area contributed by atoms with Crippen molar-refractivity contribution in [3.05, 3.63) is 107 Å². The first kappa shape index (κ1) is 18.1. The zero-order valence-electron chi connectivity index (χ0n) is 16.7. The Morgan fingerprint density at radius 2 is 1.50 bits per heavy atom. The smallest absolute Gasteiger partial charge is 0.201 e. The maximum atomic E-state index is 13.1. The van der Waals surface area contributed by atoms with Crippen molar-refractivity contribution in [2.45, 2.75) is 13.8 Å². The van der Waals surface area contributed by atoms with E-state index in [-0.39, 0.29) is 11.5 Å². The molecule has 2 heterocycles. The van der Waals surface area contributed by atoms with Crippen LogP contribution in [0.3, 0.4) is 0 Å². The first-order valence-electron chi connectivity index (χ1n) is 9.85. The summed E-state index contributed by atoms with van der Waals surface area (Å²) in [4.78, 5) is 21.0. The molecule has 0 radical (unpaired) electrons. The molecule has 0 saturated carbocycles. The first-order valence-corrected chi connectivity index (χ1v) is 9.85. The van der Waals surface area contributed by atoms with E-state index in [1.54, 1.807) is 0 Å². The van der Waals surface area contributed by atoms with Gasteiger partial charge in [0, 0.05) is 33.8 Å². The fourth-order valence-electron chi connectivity index (χ4n) is 4.02. The van der Waals surface area contributed by atoms with Crippen LogP contribution in [0.2, 0.25) is 0 Å². The Morgan fingerprint density at radius 1 is 0.867 bits per heavy atom. The van der Waals surface area contributed by atoms with Gasteiger partial charge in [-0.05, 0) is 31.6 Å². The third-order valence-corrected chi connectivity index (χ3v) is 5.59. The number of aliphatic imine (C=N–C) groups is 1. The molecule has 2 N–H and O–H groups in total. The normalized spacial score (nSPS) is 18.4. The zero-order chi connectivity index (χ0) is 20.8. The summed E-state index contributed by atoms with van der Waals surface area (Å²) < 4.78 is 0. The first-order chi connectivity index (χ1) is 14.5. The molecule has 0 spiro atoms. The number of ketones is 1. The van der Waals surface area contributed by atoms with Gasteiger partial charge in [-0.25, -0.2) is 0 Å². The summed E-state index contributed by atoms with van der Waals surface area (Å²) in [7, 11) is 0. The summed E-state index contributed by atoms with van der Waals surface area (Å²) in [5.74, 6) is -0.110. The van der Waals surface area contributed by atoms with Crippen LogP contribution < -0.4 is 0 Å². The summed E-state index contributed by atoms with van der Waals surface area (Å²) in [6.07, 6.45) is 1.88. The Kier molecular flexibility index (Phi) is 4.14. The van der Waals surface area contributed by atoms with E-state index in [1.807, 2.05) is 86.7 Å². The Morgan fingerprint density at radius 3 is 2.13 bits per heavy atom. The van der Waals surface area contributed by atoms with Crippen LogP contribution >= 0.6 is 0 Å². The maximum Gasteiger partial charge on any atom is 0.201 e. The molecule has 0 amide bonds. The number of hydrogen-bond acceptors (Lipinski definition) is 3. The monoisotopic (exact) mass is 392 g/mol. The molecule has 0 unspecified atom stereocenters. The minimum Gasteiger partial charge on any atom is -0.506 e. The third-order valence-electron chi connectivity index (χ3n) is 5.59. The molecule has 4 heteroatoms. The lowest BCUT2D eigenvalue weighted by atomic mass is 9.80. The molecule has 4 nitrogen and oxygen atoms in total. The molecule has 0 bridgehead atoms. The molecule has 2 aliphatic rings. The van der Waals surface area contributed by atoms with Gasteiger partial charge in [-0.15, -0.1) is 0 Å². The lowest BCUT2D eigenvalue weighted by Gasteiger charge is -2.23. The number of aryl methyl sites for hydroxylation is 1. The number of Topliss-reactive ketones (excluding diaryl/α,β-unsaturated/α-hetero) is 1. The Bertz CT molecular complexity index is 1300. The van der Waals surface area contributed by atoms with Gasteiger partial charge in [0.25, 0.3) is 0 Å². The van der Waals surface area contributed by atoms with Gasteiger partial charge in [0.2, 0.25) is 5.78 Å². The Labute approximate surface area is 174 Å². The number of nitrogens with zero attached hydrogens (tertiary/aromatic N) is 1. The number of carbonyl (C=O) groups is 1. The van der Waals surface area contributed by atoms with Crippen LogP contribution in [0, 0.1) is 6.92 Å². The molecule has 30 heavy (non-hydrogen) atoms. The van der Waals surface area contributed by atoms with Crippen molar-refractivity contribution in [3.8, 4) is 11.3 Å². The summed E-state index contributed by atoms with van der Waals surface area (Å²) in [5.41, 5.74) is 7.46. The number of rotatable bonds is 3. The molecule has 0 saturated heterocycles. The van der Waals surface area contributed by atoms with E-state index in [0.29, 0.717) is 16.7 Å². The molecule has 0 fully saturated rings. The molecular formula is C26H20N2O2. The van der Waals surface area contributed by atoms with E-state index in [0.717, 1.165) is 39.5 Å². The highest BCUT2D eigenvalue weighted by molar-refractivity contribution is 6.41. The van der Waals surface area contributed by atoms with Crippen molar-refractivity contribution in [1.29, 1.82) is 0 Å². The number of H-pyrrole nitrogens is 1. The number of nitrogens with one attached hydrogen (secondary N) is 1. The van der Waals surface area contributed by atoms with Crippen LogP contribution in [0.5, 0.6) is 0 Å². The average molecular weight is 392 g/mol. The summed E-state index contributed by atoms with van der Waals surface area (Å²) in [6.45, 7) is 3.78. The quantitative estimate of drug-likeness (QED) is 0.565. The Hall–Kier alpha value is -3.92. The number of allylic oxidation sites excluding steroid dienone is 4. The van der Waals surface area contributed by atoms with E-state index < -0.39 is 0 Å². The van der Waals surface area contributed by atoms with E-state index in [1.165, 1.54) is 0 Å². The van der Waals surface area contributed by atoms with Crippen molar-refractivity contribution in [3.63, 3.8) is 0 Å². The van der Waals surface area contributed by atoms with E-state index in [4.69, 9.17) is 0 Å². The highest BCUT2D eigenvalue weighted by Gasteiger charge is 2.39. The predicted octanol–water partition coefficient (Wildman–Crippen LogP) is 5.65. The second kappa shape index (κ2) is 6.85. The van der Waals surface area contributed by atoms with Crippen LogP contribution in [0.1, 0.15) is 23.7 Å². The number of carbonyl (C=O) groups excluding carboxylic acids is 1. The van der Waals surface area contributed by atoms with Crippen LogP contribution in [-0.4, -0.2) is 21.6 Å². The largest absolute Gasteiger partial charge is 0.506 e. The van der Waals surface area contributed by atoms with Crippen LogP contribution in [0.4, 0.5) is 0 Å². The van der Waals surface area contributed by atoms with Crippen molar-refractivity contribution in [2.75, 3.05) is 0 Å². The molecular weight excluding hydrogens is 372 g/mol. The topological polar surface area (TPSA) is 65.5 Å². The standard InChI is InChI=1S/C26H20N2O2/c1-15-19(13-21(27-15)17-9-5-3-6-10-17)23-25(29)24(26(23)30)20-14-22(28-16(20)2)18-11-7-4-8-12-18/h3-14,27,29H,1-2H3. The molecule has 1 aromatic heterocycles. The van der Waals surface area contributed by atoms with Gasteiger partial charge in [-0.2, -0.15) is 0 Å². The van der Waals surface area contributed by atoms with Gasteiger partial charge in [0.05, 0.1) is 16.8 Å². The van der Waals surface area contributed by atoms with Gasteiger partial charge >= 0.3 is 0 Å². The number of aliphatic hydroxyl groups is 1. The fourth-order valence-corrected chi connectivity index (χ4v) is 4.02. The molecule has 1 aliphatic carbocycles. The van der Waals surface area contributed by atoms with Crippen LogP contribution in [-0.2, 0) is 4.79 Å². The van der Waals surface area contributed by atoms with Crippen molar-refractivity contribution in [1.82, 2.24) is 4.98 Å². The number of aromatic amines is 1. The number of aromatic nitrogens is 1. The SMILES string of the molecule is CC1=NC(c2ccccc2)=CC1=C1C(=O)C(c2cc(-c3ccccc3)[nH]c2C)=C1O. The minimum atomic E-state index is -0.149. The summed E-state index contributed by atoms with van der Waals surface area (Å²) >= 11 is 0. The molecule has 0 atom stereocenters. The predicted molar refractivity (Wildman–Crippen MR) is 120 cm³/mol. The molecule has 1 aliphatic heterocycles. The van der Waals surface area contributed by atoms with Gasteiger partial charge in [0.1, 0.15) is 5.76 Å². The minimum absolute atomic E-state index is 0.0387.